The van der Waals surface area contributed by atoms with Crippen LogP contribution in [0.4, 0.5) is 0 Å². The topological polar surface area (TPSA) is 58.0 Å². The van der Waals surface area contributed by atoms with Crippen molar-refractivity contribution in [2.75, 3.05) is 13.1 Å². The van der Waals surface area contributed by atoms with Gasteiger partial charge in [0, 0.05) is 47.0 Å². The average Bonchev–Trinajstić information content (AvgIpc) is 3.36. The molecule has 5 nitrogen and oxygen atoms in total. The number of piperidine rings is 1. The number of aromatic amines is 1. The molecule has 0 amide bonds. The molecule has 148 valence electrons. The van der Waals surface area contributed by atoms with Gasteiger partial charge in [-0.3, -0.25) is 9.88 Å². The molecule has 29 heavy (non-hydrogen) atoms. The summed E-state index contributed by atoms with van der Waals surface area (Å²) in [5.41, 5.74) is 7.01. The molecular formula is C24H26N4O. The van der Waals surface area contributed by atoms with Gasteiger partial charge in [0.25, 0.3) is 0 Å². The Kier molecular flexibility index (Phi) is 4.68. The molecule has 0 radical (unpaired) electrons. The summed E-state index contributed by atoms with van der Waals surface area (Å²) in [5, 5.41) is 5.43. The van der Waals surface area contributed by atoms with Gasteiger partial charge in [0.05, 0.1) is 5.69 Å². The van der Waals surface area contributed by atoms with Crippen molar-refractivity contribution in [1.29, 1.82) is 0 Å². The summed E-state index contributed by atoms with van der Waals surface area (Å²) in [6, 6.07) is 13.0. The lowest BCUT2D eigenvalue weighted by Crippen LogP contribution is -2.32. The zero-order valence-electron chi connectivity index (χ0n) is 17.0. The SMILES string of the molecule is Cc1noc(C)c1-c1ccnc(C2CCN(Cc3cccc4[nH]ccc34)CC2)c1. The van der Waals surface area contributed by atoms with E-state index in [2.05, 4.69) is 51.4 Å². The van der Waals surface area contributed by atoms with Gasteiger partial charge in [0.1, 0.15) is 5.76 Å². The molecule has 5 rings (SSSR count). The molecule has 4 heterocycles. The number of rotatable bonds is 4. The summed E-state index contributed by atoms with van der Waals surface area (Å²) in [7, 11) is 0. The van der Waals surface area contributed by atoms with Crippen molar-refractivity contribution in [3.8, 4) is 11.1 Å². The fourth-order valence-electron chi connectivity index (χ4n) is 4.64. The van der Waals surface area contributed by atoms with Crippen LogP contribution in [0.1, 0.15) is 41.5 Å². The van der Waals surface area contributed by atoms with Gasteiger partial charge in [0.15, 0.2) is 0 Å². The Bertz CT molecular complexity index is 1120. The van der Waals surface area contributed by atoms with E-state index >= 15 is 0 Å². The zero-order valence-corrected chi connectivity index (χ0v) is 17.0. The Morgan fingerprint density at radius 2 is 2.00 bits per heavy atom. The summed E-state index contributed by atoms with van der Waals surface area (Å²) in [4.78, 5) is 10.6. The maximum atomic E-state index is 5.35. The van der Waals surface area contributed by atoms with Gasteiger partial charge in [-0.15, -0.1) is 0 Å². The van der Waals surface area contributed by atoms with Crippen molar-refractivity contribution in [1.82, 2.24) is 20.0 Å². The van der Waals surface area contributed by atoms with Crippen LogP contribution in [0.15, 0.2) is 53.3 Å². The number of aryl methyl sites for hydroxylation is 2. The smallest absolute Gasteiger partial charge is 0.141 e. The van der Waals surface area contributed by atoms with E-state index in [0.29, 0.717) is 5.92 Å². The fourth-order valence-corrected chi connectivity index (χ4v) is 4.64. The first kappa shape index (κ1) is 18.1. The van der Waals surface area contributed by atoms with E-state index in [1.165, 1.54) is 22.2 Å². The molecule has 1 saturated heterocycles. The Morgan fingerprint density at radius 1 is 1.14 bits per heavy atom. The lowest BCUT2D eigenvalue weighted by Gasteiger charge is -2.32. The van der Waals surface area contributed by atoms with Crippen molar-refractivity contribution >= 4 is 10.9 Å². The summed E-state index contributed by atoms with van der Waals surface area (Å²) in [6.07, 6.45) is 6.23. The highest BCUT2D eigenvalue weighted by Crippen LogP contribution is 2.32. The van der Waals surface area contributed by atoms with Crippen LogP contribution >= 0.6 is 0 Å². The van der Waals surface area contributed by atoms with E-state index in [0.717, 1.165) is 55.1 Å². The van der Waals surface area contributed by atoms with Crippen LogP contribution in [0.3, 0.4) is 0 Å². The Morgan fingerprint density at radius 3 is 2.79 bits per heavy atom. The Labute approximate surface area is 170 Å². The van der Waals surface area contributed by atoms with E-state index in [1.54, 1.807) is 0 Å². The lowest BCUT2D eigenvalue weighted by molar-refractivity contribution is 0.204. The van der Waals surface area contributed by atoms with E-state index < -0.39 is 0 Å². The third-order valence-electron chi connectivity index (χ3n) is 6.19. The highest BCUT2D eigenvalue weighted by atomic mass is 16.5. The number of hydrogen-bond donors (Lipinski definition) is 1. The van der Waals surface area contributed by atoms with Gasteiger partial charge in [-0.2, -0.15) is 0 Å². The molecule has 4 aromatic rings. The van der Waals surface area contributed by atoms with Crippen molar-refractivity contribution in [2.45, 2.75) is 39.2 Å². The van der Waals surface area contributed by atoms with Gasteiger partial charge >= 0.3 is 0 Å². The third kappa shape index (κ3) is 3.47. The Balaban J connectivity index is 1.29. The second kappa shape index (κ2) is 7.48. The summed E-state index contributed by atoms with van der Waals surface area (Å²) in [5.74, 6) is 1.38. The van der Waals surface area contributed by atoms with Gasteiger partial charge < -0.3 is 9.51 Å². The maximum absolute atomic E-state index is 5.35. The molecule has 0 bridgehead atoms. The molecule has 5 heteroatoms. The first-order valence-corrected chi connectivity index (χ1v) is 10.4. The number of pyridine rings is 1. The summed E-state index contributed by atoms with van der Waals surface area (Å²) in [6.45, 7) is 7.17. The van der Waals surface area contributed by atoms with Crippen LogP contribution in [0.25, 0.3) is 22.0 Å². The molecule has 1 aromatic carbocycles. The third-order valence-corrected chi connectivity index (χ3v) is 6.19. The molecule has 0 aliphatic carbocycles. The van der Waals surface area contributed by atoms with Gasteiger partial charge in [-0.25, -0.2) is 0 Å². The number of benzene rings is 1. The molecular weight excluding hydrogens is 360 g/mol. The molecule has 0 saturated carbocycles. The highest BCUT2D eigenvalue weighted by Gasteiger charge is 2.23. The average molecular weight is 386 g/mol. The number of nitrogens with one attached hydrogen (secondary N) is 1. The molecule has 0 atom stereocenters. The van der Waals surface area contributed by atoms with E-state index in [1.807, 2.05) is 26.2 Å². The molecule has 1 N–H and O–H groups in total. The van der Waals surface area contributed by atoms with E-state index in [-0.39, 0.29) is 0 Å². The fraction of sp³-hybridized carbons (Fsp3) is 0.333. The minimum absolute atomic E-state index is 0.509. The number of aromatic nitrogens is 3. The first-order valence-electron chi connectivity index (χ1n) is 10.4. The monoisotopic (exact) mass is 386 g/mol. The number of likely N-dealkylation sites (tertiary alicyclic amines) is 1. The summed E-state index contributed by atoms with van der Waals surface area (Å²) < 4.78 is 5.35. The normalized spacial score (nSPS) is 15.9. The molecule has 1 aliphatic heterocycles. The lowest BCUT2D eigenvalue weighted by atomic mass is 9.91. The predicted molar refractivity (Wildman–Crippen MR) is 115 cm³/mol. The van der Waals surface area contributed by atoms with E-state index in [9.17, 15) is 0 Å². The van der Waals surface area contributed by atoms with E-state index in [4.69, 9.17) is 9.51 Å². The van der Waals surface area contributed by atoms with Crippen LogP contribution in [0.2, 0.25) is 0 Å². The van der Waals surface area contributed by atoms with Crippen molar-refractivity contribution < 1.29 is 4.52 Å². The minimum atomic E-state index is 0.509. The van der Waals surface area contributed by atoms with Crippen molar-refractivity contribution in [2.24, 2.45) is 0 Å². The van der Waals surface area contributed by atoms with Crippen LogP contribution in [-0.2, 0) is 6.54 Å². The predicted octanol–water partition coefficient (Wildman–Crippen LogP) is 5.21. The van der Waals surface area contributed by atoms with Crippen molar-refractivity contribution in [3.63, 3.8) is 0 Å². The molecule has 0 unspecified atom stereocenters. The molecule has 0 spiro atoms. The number of hydrogen-bond acceptors (Lipinski definition) is 4. The maximum Gasteiger partial charge on any atom is 0.141 e. The number of fused-ring (bicyclic) bond motifs is 1. The van der Waals surface area contributed by atoms with Gasteiger partial charge in [-0.1, -0.05) is 17.3 Å². The van der Waals surface area contributed by atoms with Crippen LogP contribution in [0, 0.1) is 13.8 Å². The number of H-pyrrole nitrogens is 1. The second-order valence-electron chi connectivity index (χ2n) is 8.08. The minimum Gasteiger partial charge on any atom is -0.361 e. The quantitative estimate of drug-likeness (QED) is 0.523. The Hall–Kier alpha value is -2.92. The summed E-state index contributed by atoms with van der Waals surface area (Å²) >= 11 is 0. The largest absolute Gasteiger partial charge is 0.361 e. The molecule has 1 aliphatic rings. The zero-order chi connectivity index (χ0) is 19.8. The second-order valence-corrected chi connectivity index (χ2v) is 8.08. The highest BCUT2D eigenvalue weighted by molar-refractivity contribution is 5.82. The standard InChI is InChI=1S/C24H26N4O/c1-16-24(17(2)29-27-16)19-6-10-26-23(14-19)18-8-12-28(13-9-18)15-20-4-3-5-22-21(20)7-11-25-22/h3-7,10-11,14,18,25H,8-9,12-13,15H2,1-2H3. The van der Waals surface area contributed by atoms with Crippen LogP contribution < -0.4 is 0 Å². The first-order chi connectivity index (χ1) is 14.2. The molecule has 1 fully saturated rings. The molecule has 3 aromatic heterocycles. The number of nitrogens with zero attached hydrogens (tertiary/aromatic N) is 3. The van der Waals surface area contributed by atoms with Crippen molar-refractivity contribution in [3.05, 3.63) is 71.5 Å². The van der Waals surface area contributed by atoms with Gasteiger partial charge in [0.2, 0.25) is 0 Å². The van der Waals surface area contributed by atoms with Crippen LogP contribution in [0.5, 0.6) is 0 Å². The van der Waals surface area contributed by atoms with Gasteiger partial charge in [-0.05, 0) is 75.2 Å². The van der Waals surface area contributed by atoms with Crippen LogP contribution in [-0.4, -0.2) is 33.1 Å².